The first-order chi connectivity index (χ1) is 10.0. The molecule has 0 aliphatic rings. The minimum Gasteiger partial charge on any atom is -0.384 e. The van der Waals surface area contributed by atoms with Crippen LogP contribution in [0.1, 0.15) is 5.56 Å². The van der Waals surface area contributed by atoms with Crippen LogP contribution in [0.25, 0.3) is 0 Å². The maximum atomic E-state index is 12.8. The van der Waals surface area contributed by atoms with Crippen molar-refractivity contribution in [2.75, 3.05) is 11.3 Å². The Morgan fingerprint density at radius 3 is 2.43 bits per heavy atom. The zero-order valence-electron chi connectivity index (χ0n) is 10.9. The smallest absolute Gasteiger partial charge is 0.261 e. The first-order valence-corrected chi connectivity index (χ1v) is 7.48. The van der Waals surface area contributed by atoms with Crippen LogP contribution in [-0.2, 0) is 10.0 Å². The third-order valence-electron chi connectivity index (χ3n) is 2.60. The average molecular weight is 305 g/mol. The molecule has 0 atom stereocenters. The highest BCUT2D eigenvalue weighted by Crippen LogP contribution is 2.19. The van der Waals surface area contributed by atoms with E-state index in [9.17, 15) is 12.8 Å². The number of aliphatic hydroxyl groups excluding tert-OH is 1. The predicted molar refractivity (Wildman–Crippen MR) is 77.6 cm³/mol. The van der Waals surface area contributed by atoms with Crippen LogP contribution in [0.4, 0.5) is 10.1 Å². The van der Waals surface area contributed by atoms with Gasteiger partial charge in [0.1, 0.15) is 12.4 Å². The summed E-state index contributed by atoms with van der Waals surface area (Å²) in [6.07, 6.45) is 0. The molecule has 0 aromatic heterocycles. The molecule has 0 saturated carbocycles. The summed E-state index contributed by atoms with van der Waals surface area (Å²) in [4.78, 5) is -0.0474. The molecule has 0 amide bonds. The van der Waals surface area contributed by atoms with Crippen LogP contribution in [-0.4, -0.2) is 20.1 Å². The summed E-state index contributed by atoms with van der Waals surface area (Å²) in [6.45, 7) is -0.320. The van der Waals surface area contributed by atoms with Crippen LogP contribution < -0.4 is 4.72 Å². The largest absolute Gasteiger partial charge is 0.384 e. The van der Waals surface area contributed by atoms with Crippen molar-refractivity contribution < 1.29 is 17.9 Å². The van der Waals surface area contributed by atoms with Crippen molar-refractivity contribution in [3.63, 3.8) is 0 Å². The van der Waals surface area contributed by atoms with Gasteiger partial charge in [-0.1, -0.05) is 24.0 Å². The van der Waals surface area contributed by atoms with Crippen molar-refractivity contribution in [3.8, 4) is 11.8 Å². The molecule has 2 N–H and O–H groups in total. The molecular formula is C15H12FNO3S. The molecule has 0 aliphatic carbocycles. The Morgan fingerprint density at radius 2 is 1.76 bits per heavy atom. The van der Waals surface area contributed by atoms with E-state index < -0.39 is 15.8 Å². The summed E-state index contributed by atoms with van der Waals surface area (Å²) in [5.41, 5.74) is 0.736. The molecule has 21 heavy (non-hydrogen) atoms. The van der Waals surface area contributed by atoms with Gasteiger partial charge < -0.3 is 5.11 Å². The van der Waals surface area contributed by atoms with Gasteiger partial charge >= 0.3 is 0 Å². The van der Waals surface area contributed by atoms with Gasteiger partial charge in [-0.05, 0) is 36.4 Å². The topological polar surface area (TPSA) is 66.4 Å². The molecule has 0 unspecified atom stereocenters. The van der Waals surface area contributed by atoms with Crippen LogP contribution >= 0.6 is 0 Å². The van der Waals surface area contributed by atoms with E-state index in [0.717, 1.165) is 12.1 Å². The lowest BCUT2D eigenvalue weighted by atomic mass is 10.2. The minimum atomic E-state index is -3.82. The monoisotopic (exact) mass is 305 g/mol. The van der Waals surface area contributed by atoms with Crippen LogP contribution in [0.3, 0.4) is 0 Å². The maximum absolute atomic E-state index is 12.8. The van der Waals surface area contributed by atoms with E-state index in [1.54, 1.807) is 24.3 Å². The number of para-hydroxylation sites is 1. The summed E-state index contributed by atoms with van der Waals surface area (Å²) in [5, 5.41) is 8.71. The third-order valence-corrected chi connectivity index (χ3v) is 3.98. The van der Waals surface area contributed by atoms with Crippen molar-refractivity contribution in [2.45, 2.75) is 4.90 Å². The maximum Gasteiger partial charge on any atom is 0.261 e. The number of benzene rings is 2. The normalized spacial score (nSPS) is 10.6. The van der Waals surface area contributed by atoms with Crippen LogP contribution in [0.2, 0.25) is 0 Å². The molecule has 0 spiro atoms. The summed E-state index contributed by atoms with van der Waals surface area (Å²) < 4.78 is 39.7. The van der Waals surface area contributed by atoms with Crippen molar-refractivity contribution >= 4 is 15.7 Å². The van der Waals surface area contributed by atoms with Gasteiger partial charge in [0.2, 0.25) is 0 Å². The lowest BCUT2D eigenvalue weighted by Gasteiger charge is -2.09. The van der Waals surface area contributed by atoms with Gasteiger partial charge in [-0.15, -0.1) is 0 Å². The molecule has 0 radical (unpaired) electrons. The minimum absolute atomic E-state index is 0.0474. The number of anilines is 1. The molecule has 0 aliphatic heterocycles. The van der Waals surface area contributed by atoms with Crippen LogP contribution in [0.5, 0.6) is 0 Å². The zero-order valence-corrected chi connectivity index (χ0v) is 11.7. The molecule has 2 rings (SSSR count). The van der Waals surface area contributed by atoms with Gasteiger partial charge in [0.15, 0.2) is 0 Å². The highest BCUT2D eigenvalue weighted by atomic mass is 32.2. The zero-order chi connectivity index (χ0) is 15.3. The summed E-state index contributed by atoms with van der Waals surface area (Å²) in [6, 6.07) is 11.1. The van der Waals surface area contributed by atoms with Crippen molar-refractivity contribution in [3.05, 3.63) is 59.9 Å². The fraction of sp³-hybridized carbons (Fsp3) is 0.0667. The lowest BCUT2D eigenvalue weighted by molar-refractivity contribution is 0.350. The number of halogens is 1. The third kappa shape index (κ3) is 3.81. The number of hydrogen-bond acceptors (Lipinski definition) is 3. The Hall–Kier alpha value is -2.36. The molecule has 0 bridgehead atoms. The second-order valence-electron chi connectivity index (χ2n) is 4.06. The molecule has 0 saturated heterocycles. The number of hydrogen-bond donors (Lipinski definition) is 2. The molecular weight excluding hydrogens is 293 g/mol. The highest BCUT2D eigenvalue weighted by Gasteiger charge is 2.15. The van der Waals surface area contributed by atoms with E-state index in [-0.39, 0.29) is 11.5 Å². The SMILES string of the molecule is O=S(=O)(Nc1ccccc1C#CCO)c1ccc(F)cc1. The van der Waals surface area contributed by atoms with Gasteiger partial charge in [0.25, 0.3) is 10.0 Å². The van der Waals surface area contributed by atoms with Gasteiger partial charge in [0, 0.05) is 5.56 Å². The van der Waals surface area contributed by atoms with E-state index in [0.29, 0.717) is 11.3 Å². The second kappa shape index (κ2) is 6.39. The van der Waals surface area contributed by atoms with E-state index in [2.05, 4.69) is 16.6 Å². The molecule has 108 valence electrons. The average Bonchev–Trinajstić information content (AvgIpc) is 2.46. The van der Waals surface area contributed by atoms with E-state index in [1.165, 1.54) is 12.1 Å². The highest BCUT2D eigenvalue weighted by molar-refractivity contribution is 7.92. The number of sulfonamides is 1. The first kappa shape index (κ1) is 15.0. The van der Waals surface area contributed by atoms with Gasteiger partial charge in [-0.25, -0.2) is 12.8 Å². The van der Waals surface area contributed by atoms with Gasteiger partial charge in [-0.2, -0.15) is 0 Å². The quantitative estimate of drug-likeness (QED) is 0.852. The Kier molecular flexibility index (Phi) is 4.58. The van der Waals surface area contributed by atoms with Crippen LogP contribution in [0.15, 0.2) is 53.4 Å². The lowest BCUT2D eigenvalue weighted by Crippen LogP contribution is -2.13. The Labute approximate surface area is 122 Å². The predicted octanol–water partition coefficient (Wildman–Crippen LogP) is 1.97. The van der Waals surface area contributed by atoms with E-state index in [4.69, 9.17) is 5.11 Å². The van der Waals surface area contributed by atoms with E-state index in [1.807, 2.05) is 0 Å². The fourth-order valence-corrected chi connectivity index (χ4v) is 2.71. The number of rotatable bonds is 3. The fourth-order valence-electron chi connectivity index (χ4n) is 1.63. The van der Waals surface area contributed by atoms with Crippen LogP contribution in [0, 0.1) is 17.7 Å². The Bertz CT molecular complexity index is 790. The van der Waals surface area contributed by atoms with E-state index >= 15 is 0 Å². The Balaban J connectivity index is 2.35. The Morgan fingerprint density at radius 1 is 1.10 bits per heavy atom. The summed E-state index contributed by atoms with van der Waals surface area (Å²) in [5.74, 6) is 4.61. The van der Waals surface area contributed by atoms with Gasteiger partial charge in [0.05, 0.1) is 10.6 Å². The summed E-state index contributed by atoms with van der Waals surface area (Å²) >= 11 is 0. The molecule has 0 fully saturated rings. The number of nitrogens with one attached hydrogen (secondary N) is 1. The van der Waals surface area contributed by atoms with Crippen molar-refractivity contribution in [2.24, 2.45) is 0 Å². The first-order valence-electron chi connectivity index (χ1n) is 6.00. The van der Waals surface area contributed by atoms with Crippen molar-refractivity contribution in [1.82, 2.24) is 0 Å². The molecule has 6 heteroatoms. The van der Waals surface area contributed by atoms with Gasteiger partial charge in [-0.3, -0.25) is 4.72 Å². The second-order valence-corrected chi connectivity index (χ2v) is 5.75. The molecule has 2 aromatic rings. The summed E-state index contributed by atoms with van der Waals surface area (Å²) in [7, 11) is -3.82. The molecule has 2 aromatic carbocycles. The molecule has 4 nitrogen and oxygen atoms in total. The number of aliphatic hydroxyl groups is 1. The van der Waals surface area contributed by atoms with Crippen molar-refractivity contribution in [1.29, 1.82) is 0 Å². The standard InChI is InChI=1S/C15H12FNO3S/c16-13-7-9-14(10-8-13)21(19,20)17-15-6-2-1-4-12(15)5-3-11-18/h1-2,4,6-10,17-18H,11H2. The molecule has 0 heterocycles.